The van der Waals surface area contributed by atoms with Crippen molar-refractivity contribution in [2.24, 2.45) is 0 Å². The number of nitrogens with one attached hydrogen (secondary N) is 1. The first-order valence-corrected chi connectivity index (χ1v) is 4.31. The SMILES string of the molecule is Cc1ccc(C2=CC(=O)NC2=O)cc1.N. The molecule has 78 valence electrons. The van der Waals surface area contributed by atoms with Crippen molar-refractivity contribution in [1.29, 1.82) is 0 Å². The van der Waals surface area contributed by atoms with E-state index in [1.165, 1.54) is 6.08 Å². The highest BCUT2D eigenvalue weighted by Crippen LogP contribution is 2.18. The minimum absolute atomic E-state index is 0. The second-order valence-corrected chi connectivity index (χ2v) is 3.24. The number of imide groups is 1. The molecule has 1 aromatic carbocycles. The predicted octanol–water partition coefficient (Wildman–Crippen LogP) is 1.20. The van der Waals surface area contributed by atoms with Crippen LogP contribution in [0.2, 0.25) is 0 Å². The highest BCUT2D eigenvalue weighted by Gasteiger charge is 2.21. The summed E-state index contributed by atoms with van der Waals surface area (Å²) < 4.78 is 0. The fourth-order valence-corrected chi connectivity index (χ4v) is 1.36. The summed E-state index contributed by atoms with van der Waals surface area (Å²) in [5, 5.41) is 2.21. The average molecular weight is 204 g/mol. The summed E-state index contributed by atoms with van der Waals surface area (Å²) in [6, 6.07) is 7.48. The lowest BCUT2D eigenvalue weighted by molar-refractivity contribution is -0.123. The van der Waals surface area contributed by atoms with Gasteiger partial charge in [-0.05, 0) is 12.5 Å². The van der Waals surface area contributed by atoms with Crippen molar-refractivity contribution in [2.75, 3.05) is 0 Å². The van der Waals surface area contributed by atoms with Gasteiger partial charge in [0.05, 0.1) is 5.57 Å². The predicted molar refractivity (Wildman–Crippen MR) is 57.3 cm³/mol. The summed E-state index contributed by atoms with van der Waals surface area (Å²) in [5.41, 5.74) is 2.34. The van der Waals surface area contributed by atoms with Crippen molar-refractivity contribution in [2.45, 2.75) is 6.92 Å². The normalized spacial score (nSPS) is 14.3. The Balaban J connectivity index is 0.00000112. The summed E-state index contributed by atoms with van der Waals surface area (Å²) in [4.78, 5) is 22.2. The van der Waals surface area contributed by atoms with Gasteiger partial charge in [-0.3, -0.25) is 14.9 Å². The van der Waals surface area contributed by atoms with E-state index in [-0.39, 0.29) is 18.0 Å². The van der Waals surface area contributed by atoms with Crippen LogP contribution in [0.15, 0.2) is 30.3 Å². The van der Waals surface area contributed by atoms with Gasteiger partial charge in [0.2, 0.25) is 0 Å². The Morgan fingerprint density at radius 3 is 2.13 bits per heavy atom. The van der Waals surface area contributed by atoms with Crippen LogP contribution in [0.4, 0.5) is 0 Å². The Bertz CT molecular complexity index is 432. The third-order valence-corrected chi connectivity index (χ3v) is 2.12. The van der Waals surface area contributed by atoms with Gasteiger partial charge in [0.25, 0.3) is 11.8 Å². The number of hydrogen-bond donors (Lipinski definition) is 2. The molecule has 0 aromatic heterocycles. The van der Waals surface area contributed by atoms with Crippen molar-refractivity contribution in [3.63, 3.8) is 0 Å². The van der Waals surface area contributed by atoms with Crippen LogP contribution in [-0.4, -0.2) is 11.8 Å². The van der Waals surface area contributed by atoms with Gasteiger partial charge in [-0.25, -0.2) is 0 Å². The van der Waals surface area contributed by atoms with Gasteiger partial charge in [0.15, 0.2) is 0 Å². The molecule has 15 heavy (non-hydrogen) atoms. The number of rotatable bonds is 1. The Morgan fingerprint density at radius 1 is 1.07 bits per heavy atom. The largest absolute Gasteiger partial charge is 0.344 e. The second kappa shape index (κ2) is 4.06. The van der Waals surface area contributed by atoms with E-state index in [1.807, 2.05) is 31.2 Å². The molecule has 0 radical (unpaired) electrons. The maximum absolute atomic E-state index is 11.3. The first kappa shape index (κ1) is 11.1. The van der Waals surface area contributed by atoms with E-state index in [2.05, 4.69) is 5.32 Å². The quantitative estimate of drug-likeness (QED) is 0.674. The molecule has 1 heterocycles. The standard InChI is InChI=1S/C11H9NO2.H3N/c1-7-2-4-8(5-3-7)9-6-10(13)12-11(9)14;/h2-6H,1H3,(H,12,13,14);1H3. The topological polar surface area (TPSA) is 81.2 Å². The minimum atomic E-state index is -0.342. The Morgan fingerprint density at radius 2 is 1.67 bits per heavy atom. The van der Waals surface area contributed by atoms with Crippen LogP contribution in [0, 0.1) is 6.92 Å². The van der Waals surface area contributed by atoms with Gasteiger partial charge >= 0.3 is 0 Å². The molecule has 0 unspecified atom stereocenters. The Kier molecular flexibility index (Phi) is 3.01. The molecule has 4 nitrogen and oxygen atoms in total. The molecule has 0 atom stereocenters. The first-order valence-electron chi connectivity index (χ1n) is 4.31. The summed E-state index contributed by atoms with van der Waals surface area (Å²) >= 11 is 0. The average Bonchev–Trinajstić information content (AvgIpc) is 2.47. The van der Waals surface area contributed by atoms with E-state index in [1.54, 1.807) is 0 Å². The molecule has 2 amide bonds. The Labute approximate surface area is 87.6 Å². The van der Waals surface area contributed by atoms with Crippen LogP contribution in [0.25, 0.3) is 5.57 Å². The molecule has 1 aliphatic rings. The molecule has 0 spiro atoms. The van der Waals surface area contributed by atoms with E-state index in [4.69, 9.17) is 0 Å². The lowest BCUT2D eigenvalue weighted by Crippen LogP contribution is -2.21. The maximum atomic E-state index is 11.3. The molecule has 0 aliphatic carbocycles. The van der Waals surface area contributed by atoms with E-state index >= 15 is 0 Å². The zero-order valence-corrected chi connectivity index (χ0v) is 8.41. The molecular weight excluding hydrogens is 192 g/mol. The zero-order valence-electron chi connectivity index (χ0n) is 8.41. The van der Waals surface area contributed by atoms with Gasteiger partial charge in [-0.1, -0.05) is 29.8 Å². The fourth-order valence-electron chi connectivity index (χ4n) is 1.36. The summed E-state index contributed by atoms with van der Waals surface area (Å²) in [5.74, 6) is -0.663. The van der Waals surface area contributed by atoms with E-state index in [0.29, 0.717) is 5.57 Å². The molecule has 1 aromatic rings. The first-order chi connectivity index (χ1) is 6.66. The van der Waals surface area contributed by atoms with Gasteiger partial charge in [0.1, 0.15) is 0 Å². The van der Waals surface area contributed by atoms with Crippen LogP contribution in [0.5, 0.6) is 0 Å². The van der Waals surface area contributed by atoms with Crippen molar-refractivity contribution in [1.82, 2.24) is 11.5 Å². The maximum Gasteiger partial charge on any atom is 0.258 e. The molecule has 0 fully saturated rings. The zero-order chi connectivity index (χ0) is 10.1. The molecule has 4 heteroatoms. The van der Waals surface area contributed by atoms with E-state index in [9.17, 15) is 9.59 Å². The highest BCUT2D eigenvalue weighted by atomic mass is 16.2. The number of amides is 2. The lowest BCUT2D eigenvalue weighted by atomic mass is 10.1. The molecular formula is C11H12N2O2. The second-order valence-electron chi connectivity index (χ2n) is 3.24. The van der Waals surface area contributed by atoms with Crippen LogP contribution in [0.3, 0.4) is 0 Å². The number of benzene rings is 1. The summed E-state index contributed by atoms with van der Waals surface area (Å²) in [7, 11) is 0. The van der Waals surface area contributed by atoms with Crippen LogP contribution >= 0.6 is 0 Å². The van der Waals surface area contributed by atoms with Crippen LogP contribution in [-0.2, 0) is 9.59 Å². The van der Waals surface area contributed by atoms with Gasteiger partial charge in [-0.15, -0.1) is 0 Å². The number of carbonyl (C=O) groups is 2. The number of hydrogen-bond acceptors (Lipinski definition) is 3. The van der Waals surface area contributed by atoms with E-state index < -0.39 is 0 Å². The number of aryl methyl sites for hydroxylation is 1. The third-order valence-electron chi connectivity index (χ3n) is 2.12. The summed E-state index contributed by atoms with van der Waals surface area (Å²) in [6.07, 6.45) is 1.33. The molecule has 0 bridgehead atoms. The molecule has 0 saturated heterocycles. The van der Waals surface area contributed by atoms with Crippen molar-refractivity contribution in [3.05, 3.63) is 41.5 Å². The lowest BCUT2D eigenvalue weighted by Gasteiger charge is -1.99. The summed E-state index contributed by atoms with van der Waals surface area (Å²) in [6.45, 7) is 1.97. The van der Waals surface area contributed by atoms with Gasteiger partial charge < -0.3 is 6.15 Å². The van der Waals surface area contributed by atoms with Gasteiger partial charge in [0, 0.05) is 6.08 Å². The number of carbonyl (C=O) groups excluding carboxylic acids is 2. The molecule has 2 rings (SSSR count). The monoisotopic (exact) mass is 204 g/mol. The van der Waals surface area contributed by atoms with E-state index in [0.717, 1.165) is 11.1 Å². The van der Waals surface area contributed by atoms with Crippen molar-refractivity contribution in [3.8, 4) is 0 Å². The molecule has 4 N–H and O–H groups in total. The molecule has 1 aliphatic heterocycles. The van der Waals surface area contributed by atoms with Crippen molar-refractivity contribution >= 4 is 17.4 Å². The highest BCUT2D eigenvalue weighted by molar-refractivity contribution is 6.33. The van der Waals surface area contributed by atoms with Gasteiger partial charge in [-0.2, -0.15) is 0 Å². The Hall–Kier alpha value is -1.94. The van der Waals surface area contributed by atoms with Crippen molar-refractivity contribution < 1.29 is 9.59 Å². The fraction of sp³-hybridized carbons (Fsp3) is 0.0909. The van der Waals surface area contributed by atoms with Crippen LogP contribution in [0.1, 0.15) is 11.1 Å². The molecule has 0 saturated carbocycles. The minimum Gasteiger partial charge on any atom is -0.344 e. The smallest absolute Gasteiger partial charge is 0.258 e. The van der Waals surface area contributed by atoms with Crippen LogP contribution < -0.4 is 11.5 Å². The third kappa shape index (κ3) is 2.11.